The first-order chi connectivity index (χ1) is 22.5. The zero-order valence-corrected chi connectivity index (χ0v) is 26.8. The summed E-state index contributed by atoms with van der Waals surface area (Å²) in [6.45, 7) is 3.39. The highest BCUT2D eigenvalue weighted by Gasteiger charge is 2.27. The van der Waals surface area contributed by atoms with E-state index >= 15 is 0 Å². The van der Waals surface area contributed by atoms with E-state index in [1.54, 1.807) is 39.2 Å². The number of ether oxygens (including phenoxy) is 2. The monoisotopic (exact) mass is 670 g/mol. The van der Waals surface area contributed by atoms with E-state index in [-0.39, 0.29) is 62.2 Å². The number of methoxy groups -OCH3 is 1. The number of hydrogen-bond acceptors (Lipinski definition) is 13. The Balaban J connectivity index is 1.39. The summed E-state index contributed by atoms with van der Waals surface area (Å²) in [4.78, 5) is 72.6. The number of H-pyrrole nitrogens is 1. The summed E-state index contributed by atoms with van der Waals surface area (Å²) < 4.78 is 24.3. The molecule has 1 aliphatic rings. The molecule has 47 heavy (non-hydrogen) atoms. The Hall–Kier alpha value is -5.26. The van der Waals surface area contributed by atoms with Crippen LogP contribution in [0.25, 0.3) is 11.0 Å². The van der Waals surface area contributed by atoms with Crippen LogP contribution in [-0.4, -0.2) is 86.9 Å². The third kappa shape index (κ3) is 9.86. The quantitative estimate of drug-likeness (QED) is 0.0809. The number of imidazole rings is 1. The summed E-state index contributed by atoms with van der Waals surface area (Å²) in [6, 6.07) is 4.14. The first-order valence-corrected chi connectivity index (χ1v) is 15.8. The van der Waals surface area contributed by atoms with E-state index in [1.165, 1.54) is 12.4 Å². The van der Waals surface area contributed by atoms with Crippen molar-refractivity contribution < 1.29 is 38.0 Å². The lowest BCUT2D eigenvalue weighted by Crippen LogP contribution is -2.45. The van der Waals surface area contributed by atoms with Crippen molar-refractivity contribution in [2.75, 3.05) is 26.9 Å². The van der Waals surface area contributed by atoms with Gasteiger partial charge in [0.1, 0.15) is 24.2 Å². The van der Waals surface area contributed by atoms with E-state index in [0.29, 0.717) is 39.3 Å². The molecular weight excluding hydrogens is 636 g/mol. The maximum absolute atomic E-state index is 13.5. The van der Waals surface area contributed by atoms with Crippen LogP contribution in [-0.2, 0) is 35.8 Å². The molecule has 3 aromatic rings. The maximum atomic E-state index is 13.5. The van der Waals surface area contributed by atoms with Gasteiger partial charge in [-0.1, -0.05) is 0 Å². The van der Waals surface area contributed by atoms with Crippen LogP contribution in [0, 0.1) is 24.0 Å². The molecule has 2 aromatic heterocycles. The van der Waals surface area contributed by atoms with Crippen molar-refractivity contribution in [2.24, 2.45) is 9.98 Å². The van der Waals surface area contributed by atoms with Gasteiger partial charge in [-0.2, -0.15) is 0 Å². The number of hydrogen-bond donors (Lipinski definition) is 3. The zero-order valence-electron chi connectivity index (χ0n) is 25.9. The van der Waals surface area contributed by atoms with Crippen molar-refractivity contribution >= 4 is 51.5 Å². The number of fused-ring (bicyclic) bond motifs is 1. The molecule has 1 unspecified atom stereocenters. The van der Waals surface area contributed by atoms with Crippen molar-refractivity contribution in [3.8, 4) is 11.5 Å². The Bertz CT molecular complexity index is 1740. The molecule has 250 valence electrons. The number of amides is 2. The molecule has 0 aliphatic carbocycles. The van der Waals surface area contributed by atoms with Gasteiger partial charge in [-0.3, -0.25) is 28.8 Å². The first kappa shape index (κ1) is 34.6. The van der Waals surface area contributed by atoms with Gasteiger partial charge in [0, 0.05) is 55.4 Å². The summed E-state index contributed by atoms with van der Waals surface area (Å²) in [5.41, 5.74) is 3.29. The normalized spacial score (nSPS) is 13.5. The number of aliphatic imine (C=N–C) groups is 2. The third-order valence-corrected chi connectivity index (χ3v) is 8.11. The summed E-state index contributed by atoms with van der Waals surface area (Å²) in [6.07, 6.45) is 3.03. The Morgan fingerprint density at radius 2 is 2.00 bits per heavy atom. The minimum Gasteiger partial charge on any atom is -0.497 e. The minimum absolute atomic E-state index is 0.00444. The van der Waals surface area contributed by atoms with Gasteiger partial charge in [-0.15, -0.1) is 10.1 Å². The molecule has 0 bridgehead atoms. The number of nitrogens with zero attached hydrogens (tertiary/aromatic N) is 5. The lowest BCUT2D eigenvalue weighted by molar-refractivity contribution is -0.757. The first-order valence-electron chi connectivity index (χ1n) is 14.5. The topological polar surface area (TPSA) is 229 Å². The van der Waals surface area contributed by atoms with E-state index in [0.717, 1.165) is 0 Å². The van der Waals surface area contributed by atoms with E-state index in [9.17, 15) is 28.7 Å². The van der Waals surface area contributed by atoms with Crippen LogP contribution in [0.15, 0.2) is 39.5 Å². The third-order valence-electron chi connectivity index (χ3n) is 6.95. The van der Waals surface area contributed by atoms with Crippen LogP contribution in [0.3, 0.4) is 0 Å². The van der Waals surface area contributed by atoms with Gasteiger partial charge in [-0.25, -0.2) is 9.78 Å². The van der Waals surface area contributed by atoms with Gasteiger partial charge in [-0.05, 0) is 32.4 Å². The van der Waals surface area contributed by atoms with Crippen molar-refractivity contribution in [1.29, 1.82) is 0 Å². The van der Waals surface area contributed by atoms with Gasteiger partial charge in [0.05, 0.1) is 52.7 Å². The summed E-state index contributed by atoms with van der Waals surface area (Å²) in [5, 5.41) is 14.7. The highest BCUT2D eigenvalue weighted by molar-refractivity contribution is 7.84. The molecular formula is C29H34N8O9S. The highest BCUT2D eigenvalue weighted by atomic mass is 32.2. The Morgan fingerprint density at radius 3 is 2.72 bits per heavy atom. The summed E-state index contributed by atoms with van der Waals surface area (Å²) in [5.74, 6) is -0.840. The minimum atomic E-state index is -1.61. The maximum Gasteiger partial charge on any atom is 0.334 e. The Kier molecular flexibility index (Phi) is 12.0. The molecule has 1 aliphatic heterocycles. The average molecular weight is 671 g/mol. The number of rotatable bonds is 17. The van der Waals surface area contributed by atoms with Gasteiger partial charge < -0.3 is 29.9 Å². The predicted molar refractivity (Wildman–Crippen MR) is 169 cm³/mol. The number of carbonyl (C=O) groups excluding carboxylic acids is 3. The average Bonchev–Trinajstić information content (AvgIpc) is 3.72. The second-order valence-electron chi connectivity index (χ2n) is 10.4. The second kappa shape index (κ2) is 16.3. The van der Waals surface area contributed by atoms with Gasteiger partial charge >= 0.3 is 5.97 Å². The fourth-order valence-corrected chi connectivity index (χ4v) is 5.60. The van der Waals surface area contributed by atoms with Crippen LogP contribution in [0.2, 0.25) is 0 Å². The number of aromatic nitrogens is 3. The number of aryl methyl sites for hydroxylation is 1. The fourth-order valence-electron chi connectivity index (χ4n) is 4.50. The van der Waals surface area contributed by atoms with Crippen LogP contribution in [0.4, 0.5) is 0 Å². The molecule has 3 N–H and O–H groups in total. The number of nitrogens with one attached hydrogen (secondary N) is 3. The molecule has 0 radical (unpaired) electrons. The van der Waals surface area contributed by atoms with Crippen LogP contribution in [0.1, 0.15) is 42.5 Å². The molecule has 17 nitrogen and oxygen atoms in total. The molecule has 1 aromatic carbocycles. The molecule has 3 heterocycles. The number of pyridine rings is 1. The van der Waals surface area contributed by atoms with E-state index in [1.807, 2.05) is 0 Å². The smallest absolute Gasteiger partial charge is 0.334 e. The van der Waals surface area contributed by atoms with Crippen molar-refractivity contribution in [3.05, 3.63) is 51.3 Å². The zero-order chi connectivity index (χ0) is 33.9. The standard InChI is InChI=1S/C29H34N8O9S/c1-17-13-32-24(15-47(43)29-35-21-7-6-20(44-3)12-22(21)36-29)18(2)27(17)46-28(40)23(11-19-14-30-16-33-19)34-26(39)8-9-31-25(38)5-4-10-45-37(41)42/h6-7,12-14,23H,4-5,8-11,15-16H2,1-3H3,(H,31,38)(H,34,39)(H,35,36)/t23-,47?/m1/s1. The summed E-state index contributed by atoms with van der Waals surface area (Å²) >= 11 is 0. The highest BCUT2D eigenvalue weighted by Crippen LogP contribution is 2.27. The molecule has 2 atom stereocenters. The van der Waals surface area contributed by atoms with Crippen LogP contribution < -0.4 is 20.1 Å². The van der Waals surface area contributed by atoms with Gasteiger partial charge in [0.15, 0.2) is 5.16 Å². The van der Waals surface area contributed by atoms with Gasteiger partial charge in [0.25, 0.3) is 5.09 Å². The van der Waals surface area contributed by atoms with Crippen LogP contribution >= 0.6 is 0 Å². The van der Waals surface area contributed by atoms with E-state index < -0.39 is 39.7 Å². The lowest BCUT2D eigenvalue weighted by atomic mass is 10.1. The molecule has 4 rings (SSSR count). The number of aromatic amines is 1. The Labute approximate surface area is 271 Å². The number of esters is 1. The van der Waals surface area contributed by atoms with Crippen molar-refractivity contribution in [3.63, 3.8) is 0 Å². The lowest BCUT2D eigenvalue weighted by Gasteiger charge is -2.19. The number of benzene rings is 1. The molecule has 0 saturated heterocycles. The van der Waals surface area contributed by atoms with Crippen molar-refractivity contribution in [1.82, 2.24) is 25.6 Å². The summed E-state index contributed by atoms with van der Waals surface area (Å²) in [7, 11) is -0.0552. The number of carbonyl (C=O) groups is 3. The molecule has 0 spiro atoms. The SMILES string of the molecule is COc1ccc2nc(S(=O)Cc3ncc(C)c(OC(=O)[C@@H](CC4=NCN=C4)NC(=O)CCNC(=O)CCCO[N+](=O)[O-])c3C)[nH]c2c1. The van der Waals surface area contributed by atoms with Crippen LogP contribution in [0.5, 0.6) is 11.5 Å². The molecule has 18 heteroatoms. The largest absolute Gasteiger partial charge is 0.497 e. The molecule has 0 saturated carbocycles. The van der Waals surface area contributed by atoms with E-state index in [4.69, 9.17) is 9.47 Å². The van der Waals surface area contributed by atoms with Gasteiger partial charge in [0.2, 0.25) is 11.8 Å². The fraction of sp³-hybridized carbons (Fsp3) is 0.414. The predicted octanol–water partition coefficient (Wildman–Crippen LogP) is 1.65. The Morgan fingerprint density at radius 1 is 1.19 bits per heavy atom. The second-order valence-corrected chi connectivity index (χ2v) is 11.7. The molecule has 2 amide bonds. The van der Waals surface area contributed by atoms with Crippen molar-refractivity contribution in [2.45, 2.75) is 56.5 Å². The van der Waals surface area contributed by atoms with E-state index in [2.05, 4.69) is 40.4 Å². The molecule has 0 fully saturated rings.